The molecular formula is C19H29BO4S. The third kappa shape index (κ3) is 5.50. The Hall–Kier alpha value is -0.975. The SMILES string of the molecule is CCOC(=O)CCCCSc1ccc(B2OC(C)(C)C(C)(C)O2)cc1. The van der Waals surface area contributed by atoms with Gasteiger partial charge in [-0.25, -0.2) is 0 Å². The van der Waals surface area contributed by atoms with Crippen LogP contribution in [0.1, 0.15) is 53.9 Å². The molecule has 0 amide bonds. The summed E-state index contributed by atoms with van der Waals surface area (Å²) in [7, 11) is -0.311. The van der Waals surface area contributed by atoms with E-state index < -0.39 is 0 Å². The number of benzene rings is 1. The summed E-state index contributed by atoms with van der Waals surface area (Å²) in [6, 6.07) is 8.36. The minimum absolute atomic E-state index is 0.0979. The van der Waals surface area contributed by atoms with E-state index >= 15 is 0 Å². The van der Waals surface area contributed by atoms with E-state index in [9.17, 15) is 4.79 Å². The van der Waals surface area contributed by atoms with Crippen LogP contribution in [-0.4, -0.2) is 36.6 Å². The maximum absolute atomic E-state index is 11.3. The van der Waals surface area contributed by atoms with E-state index in [0.29, 0.717) is 13.0 Å². The molecule has 1 aromatic carbocycles. The molecule has 0 saturated carbocycles. The van der Waals surface area contributed by atoms with Gasteiger partial charge in [-0.2, -0.15) is 0 Å². The molecule has 25 heavy (non-hydrogen) atoms. The highest BCUT2D eigenvalue weighted by Crippen LogP contribution is 2.36. The lowest BCUT2D eigenvalue weighted by Crippen LogP contribution is -2.41. The second-order valence-corrected chi connectivity index (χ2v) is 8.44. The molecule has 4 nitrogen and oxygen atoms in total. The van der Waals surface area contributed by atoms with Gasteiger partial charge in [0.2, 0.25) is 0 Å². The molecule has 0 radical (unpaired) electrons. The van der Waals surface area contributed by atoms with E-state index in [-0.39, 0.29) is 24.3 Å². The van der Waals surface area contributed by atoms with Crippen LogP contribution in [0.25, 0.3) is 0 Å². The van der Waals surface area contributed by atoms with Crippen molar-refractivity contribution < 1.29 is 18.8 Å². The molecule has 6 heteroatoms. The number of rotatable bonds is 8. The fraction of sp³-hybridized carbons (Fsp3) is 0.632. The first-order valence-corrected chi connectivity index (χ1v) is 9.98. The first kappa shape index (κ1) is 20.3. The molecule has 138 valence electrons. The zero-order valence-corrected chi connectivity index (χ0v) is 16.8. The van der Waals surface area contributed by atoms with Gasteiger partial charge in [0, 0.05) is 11.3 Å². The van der Waals surface area contributed by atoms with Gasteiger partial charge in [0.05, 0.1) is 17.8 Å². The molecular weight excluding hydrogens is 335 g/mol. The van der Waals surface area contributed by atoms with Crippen LogP contribution in [0, 0.1) is 0 Å². The van der Waals surface area contributed by atoms with Crippen molar-refractivity contribution in [2.24, 2.45) is 0 Å². The third-order valence-corrected chi connectivity index (χ3v) is 5.85. The van der Waals surface area contributed by atoms with Crippen LogP contribution in [0.15, 0.2) is 29.2 Å². The van der Waals surface area contributed by atoms with Crippen LogP contribution >= 0.6 is 11.8 Å². The van der Waals surface area contributed by atoms with Gasteiger partial charge in [0.25, 0.3) is 0 Å². The number of hydrogen-bond donors (Lipinski definition) is 0. The lowest BCUT2D eigenvalue weighted by Gasteiger charge is -2.32. The van der Waals surface area contributed by atoms with E-state index in [1.54, 1.807) is 11.8 Å². The Labute approximate surface area is 156 Å². The molecule has 0 aromatic heterocycles. The Morgan fingerprint density at radius 1 is 1.08 bits per heavy atom. The summed E-state index contributed by atoms with van der Waals surface area (Å²) in [4.78, 5) is 12.5. The summed E-state index contributed by atoms with van der Waals surface area (Å²) >= 11 is 1.80. The van der Waals surface area contributed by atoms with Gasteiger partial charge in [-0.3, -0.25) is 4.79 Å². The van der Waals surface area contributed by atoms with Gasteiger partial charge in [-0.05, 0) is 70.8 Å². The van der Waals surface area contributed by atoms with Crippen LogP contribution in [0.5, 0.6) is 0 Å². The van der Waals surface area contributed by atoms with Crippen molar-refractivity contribution in [2.75, 3.05) is 12.4 Å². The number of esters is 1. The first-order chi connectivity index (χ1) is 11.7. The lowest BCUT2D eigenvalue weighted by atomic mass is 9.79. The van der Waals surface area contributed by atoms with E-state index in [0.717, 1.165) is 24.1 Å². The van der Waals surface area contributed by atoms with Crippen molar-refractivity contribution in [3.05, 3.63) is 24.3 Å². The van der Waals surface area contributed by atoms with Crippen LogP contribution < -0.4 is 5.46 Å². The van der Waals surface area contributed by atoms with Gasteiger partial charge in [0.15, 0.2) is 0 Å². The van der Waals surface area contributed by atoms with Crippen molar-refractivity contribution in [2.45, 2.75) is 70.0 Å². The fourth-order valence-corrected chi connectivity index (χ4v) is 3.41. The quantitative estimate of drug-likeness (QED) is 0.304. The van der Waals surface area contributed by atoms with Crippen molar-refractivity contribution in [1.82, 2.24) is 0 Å². The normalized spacial score (nSPS) is 18.4. The highest BCUT2D eigenvalue weighted by atomic mass is 32.2. The minimum atomic E-state index is -0.315. The largest absolute Gasteiger partial charge is 0.494 e. The maximum atomic E-state index is 11.3. The minimum Gasteiger partial charge on any atom is -0.466 e. The first-order valence-electron chi connectivity index (χ1n) is 8.99. The summed E-state index contributed by atoms with van der Waals surface area (Å²) in [5.74, 6) is 0.897. The molecule has 1 fully saturated rings. The summed E-state index contributed by atoms with van der Waals surface area (Å²) in [6.07, 6.45) is 2.38. The van der Waals surface area contributed by atoms with E-state index in [1.165, 1.54) is 4.90 Å². The molecule has 1 aliphatic heterocycles. The van der Waals surface area contributed by atoms with Gasteiger partial charge in [-0.1, -0.05) is 12.1 Å². The second kappa shape index (κ2) is 8.61. The van der Waals surface area contributed by atoms with Crippen molar-refractivity contribution in [3.8, 4) is 0 Å². The third-order valence-electron chi connectivity index (χ3n) is 4.75. The Kier molecular flexibility index (Phi) is 7.00. The Morgan fingerprint density at radius 3 is 2.24 bits per heavy atom. The maximum Gasteiger partial charge on any atom is 0.494 e. The molecule has 0 bridgehead atoms. The predicted octanol–water partition coefficient (Wildman–Crippen LogP) is 3.81. The Balaban J connectivity index is 1.76. The summed E-state index contributed by atoms with van der Waals surface area (Å²) in [5, 5.41) is 0. The van der Waals surface area contributed by atoms with Crippen molar-refractivity contribution in [3.63, 3.8) is 0 Å². The van der Waals surface area contributed by atoms with Gasteiger partial charge >= 0.3 is 13.1 Å². The highest BCUT2D eigenvalue weighted by Gasteiger charge is 2.51. The number of hydrogen-bond acceptors (Lipinski definition) is 5. The van der Waals surface area contributed by atoms with E-state index in [2.05, 4.69) is 52.0 Å². The lowest BCUT2D eigenvalue weighted by molar-refractivity contribution is -0.143. The zero-order valence-electron chi connectivity index (χ0n) is 16.0. The zero-order chi connectivity index (χ0) is 18.5. The molecule has 0 atom stereocenters. The fourth-order valence-electron chi connectivity index (χ4n) is 2.49. The Bertz CT molecular complexity index is 555. The smallest absolute Gasteiger partial charge is 0.466 e. The average molecular weight is 364 g/mol. The van der Waals surface area contributed by atoms with E-state index in [4.69, 9.17) is 14.0 Å². The van der Waals surface area contributed by atoms with Crippen molar-refractivity contribution in [1.29, 1.82) is 0 Å². The van der Waals surface area contributed by atoms with E-state index in [1.807, 2.05) is 6.92 Å². The number of thioether (sulfide) groups is 1. The molecule has 1 saturated heterocycles. The number of ether oxygens (including phenoxy) is 1. The standard InChI is InChI=1S/C19H29BO4S/c1-6-22-17(21)9-7-8-14-25-16-12-10-15(11-13-16)20-23-18(2,3)19(4,5)24-20/h10-13H,6-9,14H2,1-5H3. The Morgan fingerprint density at radius 2 is 1.68 bits per heavy atom. The van der Waals surface area contributed by atoms with Gasteiger partial charge in [0.1, 0.15) is 0 Å². The van der Waals surface area contributed by atoms with Crippen LogP contribution in [0.3, 0.4) is 0 Å². The van der Waals surface area contributed by atoms with Crippen LogP contribution in [0.4, 0.5) is 0 Å². The van der Waals surface area contributed by atoms with Crippen molar-refractivity contribution >= 4 is 30.3 Å². The molecule has 1 heterocycles. The molecule has 1 aliphatic rings. The topological polar surface area (TPSA) is 44.8 Å². The number of carbonyl (C=O) groups excluding carboxylic acids is 1. The second-order valence-electron chi connectivity index (χ2n) is 7.27. The highest BCUT2D eigenvalue weighted by molar-refractivity contribution is 7.99. The van der Waals surface area contributed by atoms with Gasteiger partial charge in [-0.15, -0.1) is 11.8 Å². The predicted molar refractivity (Wildman–Crippen MR) is 103 cm³/mol. The van der Waals surface area contributed by atoms with Crippen LogP contribution in [-0.2, 0) is 18.8 Å². The number of unbranched alkanes of at least 4 members (excludes halogenated alkanes) is 1. The molecule has 0 N–H and O–H groups in total. The number of carbonyl (C=O) groups is 1. The summed E-state index contributed by atoms with van der Waals surface area (Å²) in [6.45, 7) is 10.5. The molecule has 0 spiro atoms. The average Bonchev–Trinajstić information content (AvgIpc) is 2.76. The molecule has 2 rings (SSSR count). The summed E-state index contributed by atoms with van der Waals surface area (Å²) < 4.78 is 17.1. The van der Waals surface area contributed by atoms with Gasteiger partial charge < -0.3 is 14.0 Å². The summed E-state index contributed by atoms with van der Waals surface area (Å²) in [5.41, 5.74) is 0.416. The van der Waals surface area contributed by atoms with Crippen LogP contribution in [0.2, 0.25) is 0 Å². The molecule has 1 aromatic rings. The monoisotopic (exact) mass is 364 g/mol. The molecule has 0 unspecified atom stereocenters. The molecule has 0 aliphatic carbocycles.